The molecule has 0 unspecified atom stereocenters. The highest BCUT2D eigenvalue weighted by Crippen LogP contribution is 2.25. The topological polar surface area (TPSA) is 0 Å². The lowest BCUT2D eigenvalue weighted by Crippen LogP contribution is -1.88. The third kappa shape index (κ3) is 3.14. The minimum absolute atomic E-state index is 1.13. The normalized spacial score (nSPS) is 10.5. The molecule has 0 N–H and O–H groups in total. The quantitative estimate of drug-likeness (QED) is 0.658. The summed E-state index contributed by atoms with van der Waals surface area (Å²) in [5.74, 6) is 0. The number of allylic oxidation sites excluding steroid dienone is 1. The molecular weight excluding hydrogens is 228 g/mol. The summed E-state index contributed by atoms with van der Waals surface area (Å²) in [6.07, 6.45) is 2.36. The van der Waals surface area contributed by atoms with Crippen molar-refractivity contribution in [2.45, 2.75) is 33.6 Å². The van der Waals surface area contributed by atoms with Crippen LogP contribution in [0.5, 0.6) is 0 Å². The van der Waals surface area contributed by atoms with Gasteiger partial charge < -0.3 is 0 Å². The maximum Gasteiger partial charge on any atom is -0.0181 e. The molecule has 0 amide bonds. The number of hydrogen-bond acceptors (Lipinski definition) is 0. The van der Waals surface area contributed by atoms with Gasteiger partial charge in [0.1, 0.15) is 0 Å². The Morgan fingerprint density at radius 1 is 1.00 bits per heavy atom. The van der Waals surface area contributed by atoms with E-state index in [1.165, 1.54) is 34.2 Å². The average molecular weight is 250 g/mol. The molecule has 0 saturated heterocycles. The molecule has 0 bridgehead atoms. The van der Waals surface area contributed by atoms with Gasteiger partial charge in [0.2, 0.25) is 0 Å². The zero-order valence-corrected chi connectivity index (χ0v) is 12.2. The van der Waals surface area contributed by atoms with E-state index < -0.39 is 0 Å². The van der Waals surface area contributed by atoms with Crippen molar-refractivity contribution in [1.82, 2.24) is 0 Å². The van der Waals surface area contributed by atoms with Crippen LogP contribution in [0.15, 0.2) is 49.0 Å². The molecule has 0 atom stereocenters. The molecule has 0 aliphatic rings. The van der Waals surface area contributed by atoms with E-state index in [0.717, 1.165) is 12.0 Å². The van der Waals surface area contributed by atoms with Gasteiger partial charge in [0.25, 0.3) is 0 Å². The molecule has 0 aliphatic heterocycles. The Labute approximate surface area is 116 Å². The molecule has 2 aromatic carbocycles. The van der Waals surface area contributed by atoms with Crippen molar-refractivity contribution in [2.75, 3.05) is 0 Å². The number of aryl methyl sites for hydroxylation is 2. The van der Waals surface area contributed by atoms with E-state index in [2.05, 4.69) is 69.8 Å². The van der Waals surface area contributed by atoms with Crippen LogP contribution in [0.1, 0.15) is 37.0 Å². The van der Waals surface area contributed by atoms with Crippen LogP contribution in [0.2, 0.25) is 0 Å². The fraction of sp³-hybridized carbons (Fsp3) is 0.263. The van der Waals surface area contributed by atoms with E-state index in [9.17, 15) is 0 Å². The maximum atomic E-state index is 4.02. The minimum Gasteiger partial charge on any atom is -0.0955 e. The minimum atomic E-state index is 1.13. The molecule has 2 aromatic rings. The summed E-state index contributed by atoms with van der Waals surface area (Å²) in [5.41, 5.74) is 7.67. The Hall–Kier alpha value is -1.82. The van der Waals surface area contributed by atoms with Gasteiger partial charge in [-0.2, -0.15) is 0 Å². The van der Waals surface area contributed by atoms with Crippen molar-refractivity contribution in [1.29, 1.82) is 0 Å². The van der Waals surface area contributed by atoms with Crippen LogP contribution in [0.25, 0.3) is 16.7 Å². The SMILES string of the molecule is C=C(C)c1ccc(-c2ccc(CCC)cc2)cc1C. The van der Waals surface area contributed by atoms with E-state index in [1.807, 2.05) is 0 Å². The lowest BCUT2D eigenvalue weighted by molar-refractivity contribution is 0.922. The molecule has 0 nitrogen and oxygen atoms in total. The van der Waals surface area contributed by atoms with E-state index >= 15 is 0 Å². The monoisotopic (exact) mass is 250 g/mol. The number of hydrogen-bond donors (Lipinski definition) is 0. The van der Waals surface area contributed by atoms with Crippen LogP contribution < -0.4 is 0 Å². The van der Waals surface area contributed by atoms with Gasteiger partial charge in [0.15, 0.2) is 0 Å². The van der Waals surface area contributed by atoms with Gasteiger partial charge in [0.05, 0.1) is 0 Å². The van der Waals surface area contributed by atoms with Crippen molar-refractivity contribution >= 4 is 5.57 Å². The van der Waals surface area contributed by atoms with Gasteiger partial charge in [0, 0.05) is 0 Å². The Morgan fingerprint density at radius 3 is 2.16 bits per heavy atom. The Morgan fingerprint density at radius 2 is 1.63 bits per heavy atom. The van der Waals surface area contributed by atoms with E-state index in [0.29, 0.717) is 0 Å². The number of benzene rings is 2. The molecule has 0 fully saturated rings. The summed E-state index contributed by atoms with van der Waals surface area (Å²) < 4.78 is 0. The second-order valence-corrected chi connectivity index (χ2v) is 5.26. The maximum absolute atomic E-state index is 4.02. The molecular formula is C19H22. The van der Waals surface area contributed by atoms with Gasteiger partial charge in [-0.3, -0.25) is 0 Å². The fourth-order valence-electron chi connectivity index (χ4n) is 2.47. The molecule has 0 heteroatoms. The lowest BCUT2D eigenvalue weighted by atomic mass is 9.96. The Kier molecular flexibility index (Phi) is 4.21. The smallest absolute Gasteiger partial charge is 0.0181 e. The largest absolute Gasteiger partial charge is 0.0955 e. The second kappa shape index (κ2) is 5.88. The van der Waals surface area contributed by atoms with Crippen LogP contribution in [-0.4, -0.2) is 0 Å². The van der Waals surface area contributed by atoms with Crippen LogP contribution in [0.4, 0.5) is 0 Å². The van der Waals surface area contributed by atoms with E-state index in [-0.39, 0.29) is 0 Å². The standard InChI is InChI=1S/C19H22/c1-5-6-16-7-9-17(10-8-16)18-11-12-19(14(2)3)15(4)13-18/h7-13H,2,5-6H2,1,3-4H3. The van der Waals surface area contributed by atoms with Crippen LogP contribution >= 0.6 is 0 Å². The Balaban J connectivity index is 2.31. The third-order valence-corrected chi connectivity index (χ3v) is 3.51. The highest BCUT2D eigenvalue weighted by Gasteiger charge is 2.03. The molecule has 0 spiro atoms. The summed E-state index contributed by atoms with van der Waals surface area (Å²) in [6, 6.07) is 15.5. The summed E-state index contributed by atoms with van der Waals surface area (Å²) in [5, 5.41) is 0. The molecule has 0 heterocycles. The van der Waals surface area contributed by atoms with Gasteiger partial charge in [-0.05, 0) is 48.1 Å². The van der Waals surface area contributed by atoms with Gasteiger partial charge in [-0.15, -0.1) is 0 Å². The van der Waals surface area contributed by atoms with E-state index in [1.54, 1.807) is 0 Å². The molecule has 98 valence electrons. The molecule has 19 heavy (non-hydrogen) atoms. The lowest BCUT2D eigenvalue weighted by Gasteiger charge is -2.09. The van der Waals surface area contributed by atoms with Crippen molar-refractivity contribution < 1.29 is 0 Å². The summed E-state index contributed by atoms with van der Waals surface area (Å²) in [6.45, 7) is 10.4. The van der Waals surface area contributed by atoms with Gasteiger partial charge >= 0.3 is 0 Å². The first-order chi connectivity index (χ1) is 9.11. The Bertz CT molecular complexity index is 573. The first-order valence-corrected chi connectivity index (χ1v) is 6.97. The molecule has 0 saturated carbocycles. The third-order valence-electron chi connectivity index (χ3n) is 3.51. The zero-order valence-electron chi connectivity index (χ0n) is 12.2. The first-order valence-electron chi connectivity index (χ1n) is 6.97. The van der Waals surface area contributed by atoms with Crippen molar-refractivity contribution in [2.24, 2.45) is 0 Å². The predicted molar refractivity (Wildman–Crippen MR) is 85.3 cm³/mol. The summed E-state index contributed by atoms with van der Waals surface area (Å²) >= 11 is 0. The molecule has 0 aliphatic carbocycles. The highest BCUT2D eigenvalue weighted by molar-refractivity contribution is 5.71. The zero-order chi connectivity index (χ0) is 13.8. The highest BCUT2D eigenvalue weighted by atomic mass is 14.1. The summed E-state index contributed by atoms with van der Waals surface area (Å²) in [7, 11) is 0. The van der Waals surface area contributed by atoms with Gasteiger partial charge in [-0.25, -0.2) is 0 Å². The van der Waals surface area contributed by atoms with Crippen LogP contribution in [-0.2, 0) is 6.42 Å². The predicted octanol–water partition coefficient (Wildman–Crippen LogP) is 5.65. The molecule has 2 rings (SSSR count). The van der Waals surface area contributed by atoms with Crippen LogP contribution in [0, 0.1) is 6.92 Å². The number of rotatable bonds is 4. The van der Waals surface area contributed by atoms with Crippen molar-refractivity contribution in [3.05, 3.63) is 65.7 Å². The summed E-state index contributed by atoms with van der Waals surface area (Å²) in [4.78, 5) is 0. The average Bonchev–Trinajstić information content (AvgIpc) is 2.39. The van der Waals surface area contributed by atoms with Crippen molar-refractivity contribution in [3.63, 3.8) is 0 Å². The first kappa shape index (κ1) is 13.6. The molecule has 0 aromatic heterocycles. The van der Waals surface area contributed by atoms with Crippen molar-refractivity contribution in [3.8, 4) is 11.1 Å². The second-order valence-electron chi connectivity index (χ2n) is 5.26. The van der Waals surface area contributed by atoms with Crippen LogP contribution in [0.3, 0.4) is 0 Å². The fourth-order valence-corrected chi connectivity index (χ4v) is 2.47. The molecule has 0 radical (unpaired) electrons. The van der Waals surface area contributed by atoms with E-state index in [4.69, 9.17) is 0 Å². The van der Waals surface area contributed by atoms with Gasteiger partial charge in [-0.1, -0.05) is 68.0 Å².